The first-order chi connectivity index (χ1) is 7.13. The molecular weight excluding hydrogens is 281 g/mol. The smallest absolute Gasteiger partial charge is 0.319 e. The number of hydrogen-bond donors (Lipinski definition) is 1. The molecule has 1 N–H and O–H groups in total. The van der Waals surface area contributed by atoms with Gasteiger partial charge in [-0.15, -0.1) is 0 Å². The Kier molecular flexibility index (Phi) is 5.08. The fourth-order valence-electron chi connectivity index (χ4n) is 1.05. The van der Waals surface area contributed by atoms with Crippen LogP contribution in [0.3, 0.4) is 0 Å². The van der Waals surface area contributed by atoms with Crippen molar-refractivity contribution in [1.29, 1.82) is 0 Å². The third-order valence-electron chi connectivity index (χ3n) is 1.82. The van der Waals surface area contributed by atoms with E-state index in [4.69, 9.17) is 11.6 Å². The minimum Gasteiger partial charge on any atom is -0.468 e. The van der Waals surface area contributed by atoms with Gasteiger partial charge in [-0.05, 0) is 23.8 Å². The molecule has 0 radical (unpaired) electrons. The van der Waals surface area contributed by atoms with E-state index >= 15 is 0 Å². The molecule has 0 saturated heterocycles. The highest BCUT2D eigenvalue weighted by Gasteiger charge is 2.02. The summed E-state index contributed by atoms with van der Waals surface area (Å²) < 4.78 is 5.47. The van der Waals surface area contributed by atoms with Crippen molar-refractivity contribution in [3.05, 3.63) is 33.3 Å². The van der Waals surface area contributed by atoms with E-state index in [1.807, 2.05) is 12.1 Å². The number of methoxy groups -OCH3 is 1. The number of nitrogens with one attached hydrogen (secondary N) is 1. The lowest BCUT2D eigenvalue weighted by Crippen LogP contribution is -2.23. The summed E-state index contributed by atoms with van der Waals surface area (Å²) >= 11 is 9.25. The molecule has 1 aromatic rings. The SMILES string of the molecule is COC(=O)CNCc1cc(Cl)ccc1Br. The van der Waals surface area contributed by atoms with Gasteiger partial charge >= 0.3 is 5.97 Å². The molecule has 0 aliphatic carbocycles. The highest BCUT2D eigenvalue weighted by Crippen LogP contribution is 2.20. The molecule has 0 aliphatic heterocycles. The number of ether oxygens (including phenoxy) is 1. The molecule has 0 amide bonds. The largest absolute Gasteiger partial charge is 0.468 e. The van der Waals surface area contributed by atoms with Gasteiger partial charge in [-0.1, -0.05) is 27.5 Å². The lowest BCUT2D eigenvalue weighted by Gasteiger charge is -2.06. The van der Waals surface area contributed by atoms with Gasteiger partial charge in [-0.3, -0.25) is 4.79 Å². The molecule has 0 atom stereocenters. The Morgan fingerprint density at radius 3 is 3.00 bits per heavy atom. The molecular formula is C10H11BrClNO2. The predicted molar refractivity (Wildman–Crippen MR) is 62.9 cm³/mol. The zero-order chi connectivity index (χ0) is 11.3. The molecule has 0 spiro atoms. The van der Waals surface area contributed by atoms with E-state index in [0.29, 0.717) is 11.6 Å². The van der Waals surface area contributed by atoms with Crippen molar-refractivity contribution in [3.63, 3.8) is 0 Å². The zero-order valence-corrected chi connectivity index (χ0v) is 10.6. The van der Waals surface area contributed by atoms with E-state index in [-0.39, 0.29) is 12.5 Å². The molecule has 0 unspecified atom stereocenters. The third-order valence-corrected chi connectivity index (χ3v) is 2.83. The molecule has 1 rings (SSSR count). The molecule has 15 heavy (non-hydrogen) atoms. The topological polar surface area (TPSA) is 38.3 Å². The molecule has 0 saturated carbocycles. The number of carbonyl (C=O) groups is 1. The number of esters is 1. The molecule has 0 fully saturated rings. The summed E-state index contributed by atoms with van der Waals surface area (Å²) in [5.41, 5.74) is 1.01. The number of carbonyl (C=O) groups excluding carboxylic acids is 1. The van der Waals surface area contributed by atoms with Crippen LogP contribution in [0.15, 0.2) is 22.7 Å². The molecule has 0 aliphatic rings. The summed E-state index contributed by atoms with van der Waals surface area (Å²) in [5.74, 6) is -0.284. The van der Waals surface area contributed by atoms with E-state index in [9.17, 15) is 4.79 Å². The predicted octanol–water partition coefficient (Wildman–Crippen LogP) is 2.37. The van der Waals surface area contributed by atoms with Crippen molar-refractivity contribution in [2.24, 2.45) is 0 Å². The number of halogens is 2. The average Bonchev–Trinajstić information content (AvgIpc) is 2.23. The van der Waals surface area contributed by atoms with Crippen LogP contribution >= 0.6 is 27.5 Å². The fraction of sp³-hybridized carbons (Fsp3) is 0.300. The fourth-order valence-corrected chi connectivity index (χ4v) is 1.63. The summed E-state index contributed by atoms with van der Waals surface area (Å²) in [7, 11) is 1.36. The van der Waals surface area contributed by atoms with Crippen LogP contribution in [0.2, 0.25) is 5.02 Å². The normalized spacial score (nSPS) is 10.1. The van der Waals surface area contributed by atoms with E-state index in [1.54, 1.807) is 6.07 Å². The van der Waals surface area contributed by atoms with Gasteiger partial charge in [0, 0.05) is 16.0 Å². The van der Waals surface area contributed by atoms with E-state index < -0.39 is 0 Å². The zero-order valence-electron chi connectivity index (χ0n) is 8.22. The summed E-state index contributed by atoms with van der Waals surface area (Å²) in [6, 6.07) is 5.52. The third kappa shape index (κ3) is 4.20. The Morgan fingerprint density at radius 1 is 1.60 bits per heavy atom. The van der Waals surface area contributed by atoms with Crippen LogP contribution in [-0.4, -0.2) is 19.6 Å². The minimum atomic E-state index is -0.284. The minimum absolute atomic E-state index is 0.190. The van der Waals surface area contributed by atoms with Crippen LogP contribution in [0.5, 0.6) is 0 Å². The van der Waals surface area contributed by atoms with Crippen molar-refractivity contribution in [2.45, 2.75) is 6.54 Å². The first-order valence-electron chi connectivity index (χ1n) is 4.35. The maximum atomic E-state index is 10.8. The number of benzene rings is 1. The molecule has 0 bridgehead atoms. The summed E-state index contributed by atoms with van der Waals surface area (Å²) in [6.45, 7) is 0.756. The Labute approximate surface area is 102 Å². The molecule has 3 nitrogen and oxygen atoms in total. The van der Waals surface area contributed by atoms with Gasteiger partial charge in [0.25, 0.3) is 0 Å². The standard InChI is InChI=1S/C10H11BrClNO2/c1-15-10(14)6-13-5-7-4-8(12)2-3-9(7)11/h2-4,13H,5-6H2,1H3. The number of hydrogen-bond acceptors (Lipinski definition) is 3. The second kappa shape index (κ2) is 6.10. The highest BCUT2D eigenvalue weighted by atomic mass is 79.9. The van der Waals surface area contributed by atoms with Crippen molar-refractivity contribution in [2.75, 3.05) is 13.7 Å². The van der Waals surface area contributed by atoms with Crippen LogP contribution < -0.4 is 5.32 Å². The van der Waals surface area contributed by atoms with Crippen molar-refractivity contribution >= 4 is 33.5 Å². The van der Waals surface area contributed by atoms with Crippen molar-refractivity contribution in [1.82, 2.24) is 5.32 Å². The van der Waals surface area contributed by atoms with Crippen LogP contribution in [0.4, 0.5) is 0 Å². The lowest BCUT2D eigenvalue weighted by atomic mass is 10.2. The maximum Gasteiger partial charge on any atom is 0.319 e. The van der Waals surface area contributed by atoms with Gasteiger partial charge < -0.3 is 10.1 Å². The Hall–Kier alpha value is -0.580. The van der Waals surface area contributed by atoms with Gasteiger partial charge in [0.15, 0.2) is 0 Å². The van der Waals surface area contributed by atoms with E-state index in [0.717, 1.165) is 10.0 Å². The monoisotopic (exact) mass is 291 g/mol. The van der Waals surface area contributed by atoms with Crippen LogP contribution in [0, 0.1) is 0 Å². The average molecular weight is 293 g/mol. The van der Waals surface area contributed by atoms with Crippen molar-refractivity contribution in [3.8, 4) is 0 Å². The van der Waals surface area contributed by atoms with Gasteiger partial charge in [0.1, 0.15) is 0 Å². The Bertz CT molecular complexity index is 357. The van der Waals surface area contributed by atoms with Crippen LogP contribution in [-0.2, 0) is 16.1 Å². The van der Waals surface area contributed by atoms with Crippen molar-refractivity contribution < 1.29 is 9.53 Å². The van der Waals surface area contributed by atoms with Gasteiger partial charge in [-0.25, -0.2) is 0 Å². The van der Waals surface area contributed by atoms with Gasteiger partial charge in [-0.2, -0.15) is 0 Å². The summed E-state index contributed by atoms with van der Waals surface area (Å²) in [6.07, 6.45) is 0. The van der Waals surface area contributed by atoms with Gasteiger partial charge in [0.2, 0.25) is 0 Å². The summed E-state index contributed by atoms with van der Waals surface area (Å²) in [4.78, 5) is 10.8. The second-order valence-electron chi connectivity index (χ2n) is 2.92. The first-order valence-corrected chi connectivity index (χ1v) is 5.52. The maximum absolute atomic E-state index is 10.8. The first kappa shape index (κ1) is 12.5. The highest BCUT2D eigenvalue weighted by molar-refractivity contribution is 9.10. The molecule has 0 heterocycles. The Morgan fingerprint density at radius 2 is 2.33 bits per heavy atom. The molecule has 0 aromatic heterocycles. The second-order valence-corrected chi connectivity index (χ2v) is 4.21. The Balaban J connectivity index is 2.50. The lowest BCUT2D eigenvalue weighted by molar-refractivity contribution is -0.139. The van der Waals surface area contributed by atoms with Crippen LogP contribution in [0.1, 0.15) is 5.56 Å². The van der Waals surface area contributed by atoms with E-state index in [2.05, 4.69) is 26.0 Å². The summed E-state index contributed by atoms with van der Waals surface area (Å²) in [5, 5.41) is 3.63. The molecule has 82 valence electrons. The van der Waals surface area contributed by atoms with Gasteiger partial charge in [0.05, 0.1) is 13.7 Å². The van der Waals surface area contributed by atoms with E-state index in [1.165, 1.54) is 7.11 Å². The molecule has 1 aromatic carbocycles. The molecule has 5 heteroatoms. The number of rotatable bonds is 4. The van der Waals surface area contributed by atoms with Crippen LogP contribution in [0.25, 0.3) is 0 Å². The quantitative estimate of drug-likeness (QED) is 0.866.